The standard InChI is InChI=1S/C23H25ClN4S/c1-26(2)12-13-27(3)19-8-10-20(11-9-19)28-15-23-21(25-16-28)14-22(29-23)17-4-6-18(24)7-5-17/h4-11,14,16H,12-13,15H2,1-3H3. The van der Waals surface area contributed by atoms with Gasteiger partial charge >= 0.3 is 0 Å². The summed E-state index contributed by atoms with van der Waals surface area (Å²) < 4.78 is 0. The van der Waals surface area contributed by atoms with Gasteiger partial charge in [-0.15, -0.1) is 11.3 Å². The Hall–Kier alpha value is -2.34. The lowest BCUT2D eigenvalue weighted by Crippen LogP contribution is -2.28. The summed E-state index contributed by atoms with van der Waals surface area (Å²) in [6.07, 6.45) is 1.94. The molecule has 29 heavy (non-hydrogen) atoms. The second-order valence-electron chi connectivity index (χ2n) is 7.54. The highest BCUT2D eigenvalue weighted by molar-refractivity contribution is 7.16. The van der Waals surface area contributed by atoms with E-state index in [1.165, 1.54) is 21.0 Å². The zero-order valence-electron chi connectivity index (χ0n) is 17.0. The molecule has 4 nitrogen and oxygen atoms in total. The van der Waals surface area contributed by atoms with Crippen molar-refractivity contribution in [3.63, 3.8) is 0 Å². The van der Waals surface area contributed by atoms with E-state index >= 15 is 0 Å². The van der Waals surface area contributed by atoms with Crippen molar-refractivity contribution in [3.05, 3.63) is 64.5 Å². The maximum absolute atomic E-state index is 6.02. The summed E-state index contributed by atoms with van der Waals surface area (Å²) in [7, 11) is 6.34. The molecule has 3 aromatic rings. The number of nitrogens with zero attached hydrogens (tertiary/aromatic N) is 4. The van der Waals surface area contributed by atoms with Crippen LogP contribution in [0, 0.1) is 0 Å². The molecule has 0 bridgehead atoms. The average molecular weight is 425 g/mol. The molecule has 0 saturated heterocycles. The number of benzene rings is 2. The van der Waals surface area contributed by atoms with E-state index in [4.69, 9.17) is 16.6 Å². The molecule has 0 saturated carbocycles. The molecule has 2 aromatic carbocycles. The van der Waals surface area contributed by atoms with E-state index in [-0.39, 0.29) is 0 Å². The van der Waals surface area contributed by atoms with Crippen LogP contribution < -0.4 is 9.80 Å². The molecule has 0 spiro atoms. The molecule has 6 heteroatoms. The van der Waals surface area contributed by atoms with Crippen LogP contribution in [0.3, 0.4) is 0 Å². The van der Waals surface area contributed by atoms with Crippen LogP contribution in [0.4, 0.5) is 17.1 Å². The lowest BCUT2D eigenvalue weighted by atomic mass is 10.2. The molecule has 0 unspecified atom stereocenters. The third-order valence-electron chi connectivity index (χ3n) is 5.07. The molecule has 0 fully saturated rings. The molecule has 1 aromatic heterocycles. The van der Waals surface area contributed by atoms with Crippen molar-refractivity contribution in [2.24, 2.45) is 4.99 Å². The van der Waals surface area contributed by atoms with Crippen molar-refractivity contribution in [1.82, 2.24) is 4.90 Å². The van der Waals surface area contributed by atoms with Gasteiger partial charge in [0.15, 0.2) is 0 Å². The fraction of sp³-hybridized carbons (Fsp3) is 0.261. The van der Waals surface area contributed by atoms with E-state index in [1.54, 1.807) is 11.3 Å². The number of rotatable bonds is 6. The van der Waals surface area contributed by atoms with Gasteiger partial charge in [-0.25, -0.2) is 4.99 Å². The first-order valence-electron chi connectivity index (χ1n) is 9.65. The quantitative estimate of drug-likeness (QED) is 0.503. The number of anilines is 2. The van der Waals surface area contributed by atoms with Crippen molar-refractivity contribution in [3.8, 4) is 10.4 Å². The number of thiophene rings is 1. The van der Waals surface area contributed by atoms with Crippen LogP contribution in [-0.4, -0.2) is 45.5 Å². The van der Waals surface area contributed by atoms with Crippen LogP contribution in [0.2, 0.25) is 5.02 Å². The molecule has 0 amide bonds. The number of hydrogen-bond donors (Lipinski definition) is 0. The van der Waals surface area contributed by atoms with E-state index in [2.05, 4.69) is 78.3 Å². The smallest absolute Gasteiger partial charge is 0.0960 e. The number of fused-ring (bicyclic) bond motifs is 1. The fourth-order valence-corrected chi connectivity index (χ4v) is 4.50. The minimum Gasteiger partial charge on any atom is -0.373 e. The lowest BCUT2D eigenvalue weighted by molar-refractivity contribution is 0.416. The number of halogens is 1. The van der Waals surface area contributed by atoms with Crippen LogP contribution in [0.25, 0.3) is 10.4 Å². The molecular weight excluding hydrogens is 400 g/mol. The van der Waals surface area contributed by atoms with Gasteiger partial charge in [-0.2, -0.15) is 0 Å². The van der Waals surface area contributed by atoms with Crippen molar-refractivity contribution in [1.29, 1.82) is 0 Å². The summed E-state index contributed by atoms with van der Waals surface area (Å²) in [5.41, 5.74) is 4.63. The minimum atomic E-state index is 0.759. The third-order valence-corrected chi connectivity index (χ3v) is 6.48. The first-order valence-corrected chi connectivity index (χ1v) is 10.8. The van der Waals surface area contributed by atoms with E-state index in [0.29, 0.717) is 0 Å². The molecular formula is C23H25ClN4S. The minimum absolute atomic E-state index is 0.759. The highest BCUT2D eigenvalue weighted by atomic mass is 35.5. The Morgan fingerprint density at radius 1 is 1.00 bits per heavy atom. The van der Waals surface area contributed by atoms with E-state index in [0.717, 1.165) is 36.0 Å². The Morgan fingerprint density at radius 3 is 2.41 bits per heavy atom. The maximum atomic E-state index is 6.02. The second-order valence-corrected chi connectivity index (χ2v) is 9.11. The normalized spacial score (nSPS) is 13.1. The largest absolute Gasteiger partial charge is 0.373 e. The van der Waals surface area contributed by atoms with Crippen molar-refractivity contribution < 1.29 is 0 Å². The SMILES string of the molecule is CN(C)CCN(C)c1ccc(N2C=Nc3cc(-c4ccc(Cl)cc4)sc3C2)cc1. The van der Waals surface area contributed by atoms with Crippen LogP contribution in [0.1, 0.15) is 4.88 Å². The topological polar surface area (TPSA) is 22.1 Å². The van der Waals surface area contributed by atoms with Crippen molar-refractivity contribution in [2.45, 2.75) is 6.54 Å². The van der Waals surface area contributed by atoms with Gasteiger partial charge in [0, 0.05) is 41.4 Å². The highest BCUT2D eigenvalue weighted by Gasteiger charge is 2.17. The van der Waals surface area contributed by atoms with Gasteiger partial charge in [-0.05, 0) is 62.1 Å². The molecule has 0 aliphatic carbocycles. The summed E-state index contributed by atoms with van der Waals surface area (Å²) in [6.45, 7) is 2.88. The van der Waals surface area contributed by atoms with Gasteiger partial charge < -0.3 is 14.7 Å². The van der Waals surface area contributed by atoms with Gasteiger partial charge in [-0.1, -0.05) is 23.7 Å². The molecule has 150 valence electrons. The van der Waals surface area contributed by atoms with Gasteiger partial charge in [0.25, 0.3) is 0 Å². The van der Waals surface area contributed by atoms with Crippen LogP contribution in [0.5, 0.6) is 0 Å². The van der Waals surface area contributed by atoms with Crippen LogP contribution in [-0.2, 0) is 6.54 Å². The number of aliphatic imine (C=N–C) groups is 1. The molecule has 1 aliphatic heterocycles. The zero-order chi connectivity index (χ0) is 20.4. The molecule has 1 aliphatic rings. The van der Waals surface area contributed by atoms with Gasteiger partial charge in [-0.3, -0.25) is 0 Å². The fourth-order valence-electron chi connectivity index (χ4n) is 3.26. The molecule has 0 N–H and O–H groups in total. The Labute approximate surface area is 181 Å². The van der Waals surface area contributed by atoms with Crippen molar-refractivity contribution in [2.75, 3.05) is 44.0 Å². The average Bonchev–Trinajstić information content (AvgIpc) is 3.16. The van der Waals surface area contributed by atoms with Crippen LogP contribution >= 0.6 is 22.9 Å². The lowest BCUT2D eigenvalue weighted by Gasteiger charge is -2.25. The maximum Gasteiger partial charge on any atom is 0.0960 e. The molecule has 4 rings (SSSR count). The third kappa shape index (κ3) is 4.64. The van der Waals surface area contributed by atoms with Gasteiger partial charge in [0.2, 0.25) is 0 Å². The monoisotopic (exact) mass is 424 g/mol. The Balaban J connectivity index is 1.46. The summed E-state index contributed by atoms with van der Waals surface area (Å²) in [5.74, 6) is 0. The Kier molecular flexibility index (Phi) is 5.90. The van der Waals surface area contributed by atoms with E-state index in [1.807, 2.05) is 18.5 Å². The van der Waals surface area contributed by atoms with Crippen LogP contribution in [0.15, 0.2) is 59.6 Å². The summed E-state index contributed by atoms with van der Waals surface area (Å²) in [5, 5.41) is 0.759. The molecule has 0 atom stereocenters. The Bertz CT molecular complexity index is 993. The number of hydrogen-bond acceptors (Lipinski definition) is 5. The summed E-state index contributed by atoms with van der Waals surface area (Å²) in [6, 6.07) is 18.9. The Morgan fingerprint density at radius 2 is 1.72 bits per heavy atom. The summed E-state index contributed by atoms with van der Waals surface area (Å²) >= 11 is 7.82. The number of likely N-dealkylation sites (N-methyl/N-ethyl adjacent to an activating group) is 2. The van der Waals surface area contributed by atoms with E-state index in [9.17, 15) is 0 Å². The first kappa shape index (κ1) is 20.0. The van der Waals surface area contributed by atoms with Gasteiger partial charge in [0.05, 0.1) is 23.4 Å². The molecule has 0 radical (unpaired) electrons. The van der Waals surface area contributed by atoms with Gasteiger partial charge in [0.1, 0.15) is 0 Å². The predicted octanol–water partition coefficient (Wildman–Crippen LogP) is 5.75. The zero-order valence-corrected chi connectivity index (χ0v) is 18.5. The molecule has 2 heterocycles. The predicted molar refractivity (Wildman–Crippen MR) is 127 cm³/mol. The second kappa shape index (κ2) is 8.57. The first-order chi connectivity index (χ1) is 14.0. The highest BCUT2D eigenvalue weighted by Crippen LogP contribution is 2.39. The van der Waals surface area contributed by atoms with Crippen molar-refractivity contribution >= 4 is 46.3 Å². The summed E-state index contributed by atoms with van der Waals surface area (Å²) in [4.78, 5) is 13.9. The van der Waals surface area contributed by atoms with E-state index < -0.39 is 0 Å².